The summed E-state index contributed by atoms with van der Waals surface area (Å²) in [5.74, 6) is 1.42. The number of likely N-dealkylation sites (tertiary alicyclic amines) is 1. The van der Waals surface area contributed by atoms with Crippen LogP contribution in [0.5, 0.6) is 0 Å². The number of hydrogen-bond acceptors (Lipinski definition) is 4. The third kappa shape index (κ3) is 2.74. The highest BCUT2D eigenvalue weighted by atomic mass is 16.2. The molecule has 1 aromatic carbocycles. The van der Waals surface area contributed by atoms with E-state index in [2.05, 4.69) is 23.8 Å². The van der Waals surface area contributed by atoms with E-state index >= 15 is 0 Å². The lowest BCUT2D eigenvalue weighted by atomic mass is 10.00. The van der Waals surface area contributed by atoms with Gasteiger partial charge in [0.15, 0.2) is 0 Å². The smallest absolute Gasteiger partial charge is 0.300 e. The zero-order valence-electron chi connectivity index (χ0n) is 15.0. The minimum absolute atomic E-state index is 0.250. The molecule has 0 N–H and O–H groups in total. The molecule has 0 radical (unpaired) electrons. The number of nitrogens with zero attached hydrogens (tertiary/aromatic N) is 4. The zero-order valence-corrected chi connectivity index (χ0v) is 15.0. The summed E-state index contributed by atoms with van der Waals surface area (Å²) >= 11 is 0. The highest BCUT2D eigenvalue weighted by Gasteiger charge is 2.43. The zero-order chi connectivity index (χ0) is 17.7. The van der Waals surface area contributed by atoms with Gasteiger partial charge in [0.05, 0.1) is 6.54 Å². The number of rotatable bonds is 3. The fourth-order valence-corrected chi connectivity index (χ4v) is 4.02. The summed E-state index contributed by atoms with van der Waals surface area (Å²) in [5, 5.41) is 4.61. The summed E-state index contributed by atoms with van der Waals surface area (Å²) in [6.07, 6.45) is 0. The summed E-state index contributed by atoms with van der Waals surface area (Å²) in [6, 6.07) is 8.46. The number of fused-ring (bicyclic) bond motifs is 3. The van der Waals surface area contributed by atoms with Gasteiger partial charge in [0.25, 0.3) is 0 Å². The monoisotopic (exact) mass is 340 g/mol. The van der Waals surface area contributed by atoms with Crippen LogP contribution in [0, 0.1) is 12.8 Å². The molecule has 3 heterocycles. The van der Waals surface area contributed by atoms with E-state index in [0.29, 0.717) is 25.0 Å². The van der Waals surface area contributed by atoms with E-state index in [4.69, 9.17) is 0 Å². The number of aromatic nitrogens is 3. The lowest BCUT2D eigenvalue weighted by Crippen LogP contribution is -2.44. The van der Waals surface area contributed by atoms with Crippen LogP contribution in [-0.4, -0.2) is 38.4 Å². The molecule has 2 aliphatic rings. The Labute approximate surface area is 146 Å². The molecule has 1 saturated heterocycles. The Morgan fingerprint density at radius 2 is 1.80 bits per heavy atom. The fourth-order valence-electron chi connectivity index (χ4n) is 4.02. The standard InChI is InChI=1S/C19H24N4O2/c1-12(2)21-9-15-10-22-17(16(15)11-21)20-23(19(25)18(22)24)8-14-6-4-13(3)5-7-14/h4-7,12,15-16H,8-11H2,1-3H3/t15-,16-/m1/s1. The van der Waals surface area contributed by atoms with E-state index in [1.165, 1.54) is 10.2 Å². The van der Waals surface area contributed by atoms with Gasteiger partial charge in [-0.25, -0.2) is 4.68 Å². The first-order valence-electron chi connectivity index (χ1n) is 8.95. The largest absolute Gasteiger partial charge is 0.332 e. The molecule has 0 unspecified atom stereocenters. The van der Waals surface area contributed by atoms with Crippen molar-refractivity contribution in [2.24, 2.45) is 5.92 Å². The second-order valence-corrected chi connectivity index (χ2v) is 7.64. The Balaban J connectivity index is 1.70. The van der Waals surface area contributed by atoms with Gasteiger partial charge >= 0.3 is 11.1 Å². The molecule has 25 heavy (non-hydrogen) atoms. The summed E-state index contributed by atoms with van der Waals surface area (Å²) in [7, 11) is 0. The summed E-state index contributed by atoms with van der Waals surface area (Å²) < 4.78 is 2.96. The SMILES string of the molecule is Cc1ccc(Cn2nc3n(c(=O)c2=O)C[C@H]2CN(C(C)C)C[C@@H]32)cc1. The van der Waals surface area contributed by atoms with Crippen molar-refractivity contribution >= 4 is 0 Å². The highest BCUT2D eigenvalue weighted by molar-refractivity contribution is 5.21. The van der Waals surface area contributed by atoms with Crippen LogP contribution in [0.25, 0.3) is 0 Å². The van der Waals surface area contributed by atoms with Gasteiger partial charge < -0.3 is 0 Å². The molecule has 1 aromatic heterocycles. The van der Waals surface area contributed by atoms with Crippen molar-refractivity contribution in [1.82, 2.24) is 19.2 Å². The third-order valence-electron chi connectivity index (χ3n) is 5.56. The fraction of sp³-hybridized carbons (Fsp3) is 0.526. The minimum atomic E-state index is -0.523. The maximum atomic E-state index is 12.5. The topological polar surface area (TPSA) is 60.1 Å². The van der Waals surface area contributed by atoms with Crippen LogP contribution in [0.15, 0.2) is 33.9 Å². The van der Waals surface area contributed by atoms with E-state index in [1.807, 2.05) is 31.2 Å². The second-order valence-electron chi connectivity index (χ2n) is 7.64. The molecule has 0 spiro atoms. The molecule has 0 saturated carbocycles. The lowest BCUT2D eigenvalue weighted by molar-refractivity contribution is 0.256. The molecule has 4 rings (SSSR count). The van der Waals surface area contributed by atoms with Crippen LogP contribution < -0.4 is 11.1 Å². The first-order valence-corrected chi connectivity index (χ1v) is 8.95. The van der Waals surface area contributed by atoms with Gasteiger partial charge in [-0.3, -0.25) is 19.1 Å². The predicted octanol–water partition coefficient (Wildman–Crippen LogP) is 1.20. The van der Waals surface area contributed by atoms with Crippen molar-refractivity contribution in [2.75, 3.05) is 13.1 Å². The molecule has 0 aliphatic carbocycles. The van der Waals surface area contributed by atoms with Crippen LogP contribution >= 0.6 is 0 Å². The minimum Gasteiger partial charge on any atom is -0.300 e. The van der Waals surface area contributed by atoms with Gasteiger partial charge in [-0.05, 0) is 26.3 Å². The van der Waals surface area contributed by atoms with Crippen molar-refractivity contribution in [3.05, 3.63) is 61.9 Å². The first kappa shape index (κ1) is 16.3. The molecule has 2 aromatic rings. The van der Waals surface area contributed by atoms with Gasteiger partial charge in [0, 0.05) is 37.5 Å². The van der Waals surface area contributed by atoms with E-state index in [-0.39, 0.29) is 5.92 Å². The summed E-state index contributed by atoms with van der Waals surface area (Å²) in [5.41, 5.74) is 1.20. The van der Waals surface area contributed by atoms with Crippen LogP contribution in [0.1, 0.15) is 36.7 Å². The van der Waals surface area contributed by atoms with Crippen molar-refractivity contribution in [3.8, 4) is 0 Å². The van der Waals surface area contributed by atoms with Crippen molar-refractivity contribution < 1.29 is 0 Å². The Kier molecular flexibility index (Phi) is 3.87. The number of benzene rings is 1. The molecule has 2 atom stereocenters. The molecule has 0 amide bonds. The summed E-state index contributed by atoms with van der Waals surface area (Å²) in [6.45, 7) is 9.26. The van der Waals surface area contributed by atoms with Gasteiger partial charge in [-0.1, -0.05) is 29.8 Å². The maximum absolute atomic E-state index is 12.5. The first-order chi connectivity index (χ1) is 11.9. The Hall–Kier alpha value is -2.21. The van der Waals surface area contributed by atoms with Gasteiger partial charge in [0.1, 0.15) is 5.82 Å². The molecular weight excluding hydrogens is 316 g/mol. The Morgan fingerprint density at radius 3 is 2.48 bits per heavy atom. The third-order valence-corrected chi connectivity index (χ3v) is 5.56. The highest BCUT2D eigenvalue weighted by Crippen LogP contribution is 2.37. The average Bonchev–Trinajstić information content (AvgIpc) is 3.13. The lowest BCUT2D eigenvalue weighted by Gasteiger charge is -2.21. The molecule has 6 heteroatoms. The van der Waals surface area contributed by atoms with Crippen LogP contribution in [0.3, 0.4) is 0 Å². The molecule has 132 valence electrons. The van der Waals surface area contributed by atoms with E-state index in [9.17, 15) is 9.59 Å². The normalized spacial score (nSPS) is 22.4. The average molecular weight is 340 g/mol. The van der Waals surface area contributed by atoms with Gasteiger partial charge in [-0.2, -0.15) is 5.10 Å². The molecule has 0 bridgehead atoms. The van der Waals surface area contributed by atoms with Gasteiger partial charge in [0.2, 0.25) is 0 Å². The van der Waals surface area contributed by atoms with Crippen molar-refractivity contribution in [2.45, 2.75) is 45.8 Å². The van der Waals surface area contributed by atoms with E-state index < -0.39 is 11.1 Å². The quantitative estimate of drug-likeness (QED) is 0.788. The molecule has 1 fully saturated rings. The predicted molar refractivity (Wildman–Crippen MR) is 96.0 cm³/mol. The summed E-state index contributed by atoms with van der Waals surface area (Å²) in [4.78, 5) is 27.4. The number of aryl methyl sites for hydroxylation is 1. The van der Waals surface area contributed by atoms with Crippen LogP contribution in [-0.2, 0) is 13.1 Å². The maximum Gasteiger partial charge on any atom is 0.332 e. The van der Waals surface area contributed by atoms with Gasteiger partial charge in [-0.15, -0.1) is 0 Å². The number of hydrogen-bond donors (Lipinski definition) is 0. The van der Waals surface area contributed by atoms with E-state index in [0.717, 1.165) is 24.5 Å². The molecule has 6 nitrogen and oxygen atoms in total. The van der Waals surface area contributed by atoms with Crippen molar-refractivity contribution in [3.63, 3.8) is 0 Å². The van der Waals surface area contributed by atoms with E-state index in [1.54, 1.807) is 4.57 Å². The second kappa shape index (κ2) is 5.95. The van der Waals surface area contributed by atoms with Crippen molar-refractivity contribution in [1.29, 1.82) is 0 Å². The Bertz CT molecular complexity index is 911. The molecular formula is C19H24N4O2. The molecule has 2 aliphatic heterocycles. The Morgan fingerprint density at radius 1 is 1.08 bits per heavy atom. The van der Waals surface area contributed by atoms with Crippen LogP contribution in [0.2, 0.25) is 0 Å². The van der Waals surface area contributed by atoms with Crippen LogP contribution in [0.4, 0.5) is 0 Å².